The van der Waals surface area contributed by atoms with Gasteiger partial charge < -0.3 is 4.74 Å². The fourth-order valence-electron chi connectivity index (χ4n) is 3.73. The van der Waals surface area contributed by atoms with E-state index in [0.29, 0.717) is 17.7 Å². The molecule has 4 nitrogen and oxygen atoms in total. The Hall–Kier alpha value is -1.68. The van der Waals surface area contributed by atoms with Gasteiger partial charge in [0.15, 0.2) is 5.78 Å². The van der Waals surface area contributed by atoms with Gasteiger partial charge in [0.2, 0.25) is 0 Å². The molecule has 0 N–H and O–H groups in total. The van der Waals surface area contributed by atoms with Crippen LogP contribution in [-0.4, -0.2) is 42.7 Å². The molecule has 2 fully saturated rings. The standard InChI is InChI=1S/C17H21NO3/c1-11-5-3-7-14(21-2)15(11)17(20)16-12-6-4-9-18(12)10-8-13(16)19/h3,5,7,12,16H,4,6,8-10H2,1-2H3. The van der Waals surface area contributed by atoms with Crippen LogP contribution in [0.1, 0.15) is 35.2 Å². The van der Waals surface area contributed by atoms with Gasteiger partial charge >= 0.3 is 0 Å². The van der Waals surface area contributed by atoms with Gasteiger partial charge in [-0.3, -0.25) is 14.5 Å². The molecule has 112 valence electrons. The van der Waals surface area contributed by atoms with Crippen LogP contribution in [0.4, 0.5) is 0 Å². The van der Waals surface area contributed by atoms with Crippen LogP contribution in [0.25, 0.3) is 0 Å². The number of hydrogen-bond acceptors (Lipinski definition) is 4. The molecule has 2 aliphatic rings. The summed E-state index contributed by atoms with van der Waals surface area (Å²) < 4.78 is 5.34. The van der Waals surface area contributed by atoms with Crippen LogP contribution >= 0.6 is 0 Å². The molecule has 1 aromatic rings. The quantitative estimate of drug-likeness (QED) is 0.632. The maximum Gasteiger partial charge on any atom is 0.178 e. The lowest BCUT2D eigenvalue weighted by atomic mass is 9.81. The average Bonchev–Trinajstić information content (AvgIpc) is 2.94. The van der Waals surface area contributed by atoms with Crippen LogP contribution in [0.2, 0.25) is 0 Å². The van der Waals surface area contributed by atoms with E-state index in [2.05, 4.69) is 4.90 Å². The first-order chi connectivity index (χ1) is 10.1. The highest BCUT2D eigenvalue weighted by Crippen LogP contribution is 2.34. The first kappa shape index (κ1) is 14.3. The van der Waals surface area contributed by atoms with E-state index in [-0.39, 0.29) is 17.6 Å². The molecular weight excluding hydrogens is 266 g/mol. The minimum Gasteiger partial charge on any atom is -0.496 e. The second-order valence-electron chi connectivity index (χ2n) is 5.96. The Morgan fingerprint density at radius 3 is 2.90 bits per heavy atom. The largest absolute Gasteiger partial charge is 0.496 e. The molecule has 2 saturated heterocycles. The van der Waals surface area contributed by atoms with Crippen LogP contribution in [0.5, 0.6) is 5.75 Å². The SMILES string of the molecule is COc1cccc(C)c1C(=O)C1C(=O)CCN2CCCC12. The summed E-state index contributed by atoms with van der Waals surface area (Å²) in [6.45, 7) is 3.71. The van der Waals surface area contributed by atoms with Gasteiger partial charge in [0, 0.05) is 19.0 Å². The van der Waals surface area contributed by atoms with E-state index < -0.39 is 5.92 Å². The molecular formula is C17H21NO3. The van der Waals surface area contributed by atoms with E-state index in [9.17, 15) is 9.59 Å². The van der Waals surface area contributed by atoms with Gasteiger partial charge in [-0.05, 0) is 37.9 Å². The smallest absolute Gasteiger partial charge is 0.178 e. The fraction of sp³-hybridized carbons (Fsp3) is 0.529. The molecule has 0 amide bonds. The third-order valence-corrected chi connectivity index (χ3v) is 4.77. The Bertz CT molecular complexity index is 581. The molecule has 21 heavy (non-hydrogen) atoms. The highest BCUT2D eigenvalue weighted by Gasteiger charge is 2.44. The number of aryl methyl sites for hydroxylation is 1. The van der Waals surface area contributed by atoms with E-state index in [1.807, 2.05) is 19.1 Å². The van der Waals surface area contributed by atoms with Crippen LogP contribution in [0.3, 0.4) is 0 Å². The Balaban J connectivity index is 1.99. The van der Waals surface area contributed by atoms with Crippen molar-refractivity contribution in [1.82, 2.24) is 4.90 Å². The zero-order chi connectivity index (χ0) is 15.0. The van der Waals surface area contributed by atoms with E-state index in [4.69, 9.17) is 4.74 Å². The van der Waals surface area contributed by atoms with E-state index >= 15 is 0 Å². The molecule has 0 aliphatic carbocycles. The maximum absolute atomic E-state index is 13.0. The predicted molar refractivity (Wildman–Crippen MR) is 79.8 cm³/mol. The number of methoxy groups -OCH3 is 1. The van der Waals surface area contributed by atoms with Crippen LogP contribution in [0, 0.1) is 12.8 Å². The van der Waals surface area contributed by atoms with Gasteiger partial charge in [-0.15, -0.1) is 0 Å². The maximum atomic E-state index is 13.0. The highest BCUT2D eigenvalue weighted by molar-refractivity contribution is 6.13. The van der Waals surface area contributed by atoms with Crippen LogP contribution in [0.15, 0.2) is 18.2 Å². The lowest BCUT2D eigenvalue weighted by molar-refractivity contribution is -0.126. The van der Waals surface area contributed by atoms with Crippen LogP contribution in [-0.2, 0) is 4.79 Å². The summed E-state index contributed by atoms with van der Waals surface area (Å²) >= 11 is 0. The predicted octanol–water partition coefficient (Wildman–Crippen LogP) is 2.24. The van der Waals surface area contributed by atoms with Gasteiger partial charge in [0.05, 0.1) is 18.6 Å². The summed E-state index contributed by atoms with van der Waals surface area (Å²) in [5, 5.41) is 0. The monoisotopic (exact) mass is 287 g/mol. The van der Waals surface area contributed by atoms with Crippen molar-refractivity contribution in [3.8, 4) is 5.75 Å². The summed E-state index contributed by atoms with van der Waals surface area (Å²) in [5.41, 5.74) is 1.45. The first-order valence-corrected chi connectivity index (χ1v) is 7.58. The van der Waals surface area contributed by atoms with E-state index in [1.54, 1.807) is 13.2 Å². The molecule has 0 radical (unpaired) electrons. The van der Waals surface area contributed by atoms with Gasteiger partial charge in [-0.25, -0.2) is 0 Å². The molecule has 0 bridgehead atoms. The van der Waals surface area contributed by atoms with Crippen molar-refractivity contribution >= 4 is 11.6 Å². The third kappa shape index (κ3) is 2.38. The molecule has 2 atom stereocenters. The number of nitrogens with zero attached hydrogens (tertiary/aromatic N) is 1. The molecule has 2 aliphatic heterocycles. The number of carbonyl (C=O) groups excluding carboxylic acids is 2. The lowest BCUT2D eigenvalue weighted by Crippen LogP contribution is -2.49. The van der Waals surface area contributed by atoms with Gasteiger partial charge in [0.25, 0.3) is 0 Å². The number of benzene rings is 1. The highest BCUT2D eigenvalue weighted by atomic mass is 16.5. The van der Waals surface area contributed by atoms with Crippen molar-refractivity contribution in [2.75, 3.05) is 20.2 Å². The molecule has 0 spiro atoms. The molecule has 0 aromatic heterocycles. The zero-order valence-electron chi connectivity index (χ0n) is 12.6. The number of carbonyl (C=O) groups is 2. The summed E-state index contributed by atoms with van der Waals surface area (Å²) in [6.07, 6.45) is 2.50. The van der Waals surface area contributed by atoms with Crippen molar-refractivity contribution in [2.45, 2.75) is 32.2 Å². The number of rotatable bonds is 3. The third-order valence-electron chi connectivity index (χ3n) is 4.77. The Morgan fingerprint density at radius 1 is 1.33 bits per heavy atom. The number of fused-ring (bicyclic) bond motifs is 1. The fourth-order valence-corrected chi connectivity index (χ4v) is 3.73. The van der Waals surface area contributed by atoms with Gasteiger partial charge in [-0.1, -0.05) is 12.1 Å². The number of ketones is 2. The lowest BCUT2D eigenvalue weighted by Gasteiger charge is -2.35. The normalized spacial score (nSPS) is 25.7. The number of hydrogen-bond donors (Lipinski definition) is 0. The van der Waals surface area contributed by atoms with Crippen molar-refractivity contribution < 1.29 is 14.3 Å². The number of piperidine rings is 1. The Morgan fingerprint density at radius 2 is 2.14 bits per heavy atom. The van der Waals surface area contributed by atoms with Crippen LogP contribution < -0.4 is 4.74 Å². The molecule has 0 saturated carbocycles. The van der Waals surface area contributed by atoms with Gasteiger partial charge in [0.1, 0.15) is 11.5 Å². The van der Waals surface area contributed by atoms with Gasteiger partial charge in [-0.2, -0.15) is 0 Å². The zero-order valence-corrected chi connectivity index (χ0v) is 12.6. The Labute approximate surface area is 125 Å². The summed E-state index contributed by atoms with van der Waals surface area (Å²) in [7, 11) is 1.57. The van der Waals surface area contributed by atoms with E-state index in [0.717, 1.165) is 31.5 Å². The number of Topliss-reactive ketones (excluding diaryl/α,β-unsaturated/α-hetero) is 2. The summed E-state index contributed by atoms with van der Waals surface area (Å²) in [4.78, 5) is 27.7. The molecule has 3 rings (SSSR count). The second-order valence-corrected chi connectivity index (χ2v) is 5.96. The summed E-state index contributed by atoms with van der Waals surface area (Å²) in [5.74, 6) is 0.0826. The molecule has 2 unspecified atom stereocenters. The van der Waals surface area contributed by atoms with Crippen molar-refractivity contribution in [2.24, 2.45) is 5.92 Å². The average molecular weight is 287 g/mol. The van der Waals surface area contributed by atoms with Crippen molar-refractivity contribution in [1.29, 1.82) is 0 Å². The molecule has 1 aromatic carbocycles. The second kappa shape index (κ2) is 5.60. The number of ether oxygens (including phenoxy) is 1. The Kier molecular flexibility index (Phi) is 3.81. The topological polar surface area (TPSA) is 46.6 Å². The summed E-state index contributed by atoms with van der Waals surface area (Å²) in [6, 6.07) is 5.65. The minimum atomic E-state index is -0.517. The first-order valence-electron chi connectivity index (χ1n) is 7.58. The molecule has 4 heteroatoms. The minimum absolute atomic E-state index is 0.0634. The molecule has 2 heterocycles. The van der Waals surface area contributed by atoms with Crippen molar-refractivity contribution in [3.05, 3.63) is 29.3 Å². The van der Waals surface area contributed by atoms with E-state index in [1.165, 1.54) is 0 Å². The van der Waals surface area contributed by atoms with Crippen molar-refractivity contribution in [3.63, 3.8) is 0 Å².